The molecule has 0 aromatic carbocycles. The molecule has 0 radical (unpaired) electrons. The molecule has 0 spiro atoms. The molecule has 0 aliphatic carbocycles. The summed E-state index contributed by atoms with van der Waals surface area (Å²) in [5.74, 6) is 1.50. The number of hydrogen-bond acceptors (Lipinski definition) is 5. The van der Waals surface area contributed by atoms with Crippen molar-refractivity contribution >= 4 is 11.0 Å². The van der Waals surface area contributed by atoms with Crippen LogP contribution in [0.25, 0.3) is 11.0 Å². The highest BCUT2D eigenvalue weighted by atomic mass is 16.6. The molecule has 5 heteroatoms. The Morgan fingerprint density at radius 1 is 1.00 bits per heavy atom. The Labute approximate surface area is 166 Å². The van der Waals surface area contributed by atoms with Gasteiger partial charge in [-0.2, -0.15) is 0 Å². The lowest BCUT2D eigenvalue weighted by Crippen LogP contribution is -2.36. The molecule has 0 amide bonds. The molecule has 3 aromatic rings. The second-order valence-corrected chi connectivity index (χ2v) is 9.15. The van der Waals surface area contributed by atoms with Crippen LogP contribution in [-0.2, 0) is 10.8 Å². The molecule has 28 heavy (non-hydrogen) atoms. The Morgan fingerprint density at radius 2 is 1.82 bits per heavy atom. The molecule has 3 aromatic heterocycles. The van der Waals surface area contributed by atoms with Crippen molar-refractivity contribution in [3.8, 4) is 11.5 Å². The first kappa shape index (κ1) is 18.7. The van der Waals surface area contributed by atoms with Gasteiger partial charge in [0.1, 0.15) is 12.7 Å². The van der Waals surface area contributed by atoms with Crippen molar-refractivity contribution in [2.75, 3.05) is 6.61 Å². The predicted octanol–water partition coefficient (Wildman–Crippen LogP) is 4.83. The van der Waals surface area contributed by atoms with Crippen LogP contribution < -0.4 is 9.47 Å². The van der Waals surface area contributed by atoms with Crippen molar-refractivity contribution in [3.63, 3.8) is 0 Å². The van der Waals surface area contributed by atoms with Gasteiger partial charge in [0, 0.05) is 39.9 Å². The Morgan fingerprint density at radius 3 is 2.61 bits per heavy atom. The highest BCUT2D eigenvalue weighted by Crippen LogP contribution is 2.37. The first-order valence-corrected chi connectivity index (χ1v) is 9.75. The smallest absolute Gasteiger partial charge is 0.179 e. The van der Waals surface area contributed by atoms with Crippen molar-refractivity contribution in [1.29, 1.82) is 0 Å². The van der Waals surface area contributed by atoms with E-state index in [9.17, 15) is 0 Å². The van der Waals surface area contributed by atoms with E-state index in [1.807, 2.05) is 18.2 Å². The zero-order valence-corrected chi connectivity index (χ0v) is 17.2. The summed E-state index contributed by atoms with van der Waals surface area (Å²) in [7, 11) is 0. The number of nitrogens with zero attached hydrogens (tertiary/aromatic N) is 3. The SMILES string of the molecule is CC(C)(C)c1cc2c(cn1)OCC(CC(C)(C)c1ccc3cccnc3n1)O2. The normalized spacial score (nSPS) is 17.0. The summed E-state index contributed by atoms with van der Waals surface area (Å²) >= 11 is 0. The zero-order chi connectivity index (χ0) is 19.9. The van der Waals surface area contributed by atoms with E-state index in [0.29, 0.717) is 6.61 Å². The molecule has 0 bridgehead atoms. The Kier molecular flexibility index (Phi) is 4.48. The fraction of sp³-hybridized carbons (Fsp3) is 0.435. The molecule has 4 rings (SSSR count). The summed E-state index contributed by atoms with van der Waals surface area (Å²) in [5, 5.41) is 1.05. The van der Waals surface area contributed by atoms with Crippen LogP contribution in [0.1, 0.15) is 52.4 Å². The lowest BCUT2D eigenvalue weighted by atomic mass is 9.82. The minimum absolute atomic E-state index is 0.0351. The third-order valence-corrected chi connectivity index (χ3v) is 5.21. The van der Waals surface area contributed by atoms with E-state index < -0.39 is 0 Å². The molecular weight excluding hydrogens is 350 g/mol. The van der Waals surface area contributed by atoms with Gasteiger partial charge in [-0.15, -0.1) is 0 Å². The van der Waals surface area contributed by atoms with Crippen molar-refractivity contribution in [1.82, 2.24) is 15.0 Å². The first-order chi connectivity index (χ1) is 13.2. The van der Waals surface area contributed by atoms with E-state index in [0.717, 1.165) is 40.3 Å². The highest BCUT2D eigenvalue weighted by molar-refractivity contribution is 5.74. The van der Waals surface area contributed by atoms with E-state index in [-0.39, 0.29) is 16.9 Å². The van der Waals surface area contributed by atoms with E-state index >= 15 is 0 Å². The average Bonchev–Trinajstić information content (AvgIpc) is 2.66. The minimum atomic E-state index is -0.170. The largest absolute Gasteiger partial charge is 0.484 e. The molecule has 1 aliphatic heterocycles. The lowest BCUT2D eigenvalue weighted by molar-refractivity contribution is 0.0689. The lowest BCUT2D eigenvalue weighted by Gasteiger charge is -2.33. The molecule has 146 valence electrons. The van der Waals surface area contributed by atoms with E-state index in [2.05, 4.69) is 56.7 Å². The number of fused-ring (bicyclic) bond motifs is 2. The summed E-state index contributed by atoms with van der Waals surface area (Å²) in [6.07, 6.45) is 4.31. The van der Waals surface area contributed by atoms with Crippen molar-refractivity contribution < 1.29 is 9.47 Å². The van der Waals surface area contributed by atoms with Gasteiger partial charge in [-0.1, -0.05) is 34.6 Å². The van der Waals surface area contributed by atoms with Gasteiger partial charge >= 0.3 is 0 Å². The maximum atomic E-state index is 6.30. The Balaban J connectivity index is 1.55. The van der Waals surface area contributed by atoms with Gasteiger partial charge in [0.05, 0.1) is 6.20 Å². The van der Waals surface area contributed by atoms with Gasteiger partial charge in [0.25, 0.3) is 0 Å². The standard InChI is InChI=1S/C23H27N3O2/c1-22(2,3)20-11-17-18(13-25-20)27-14-16(28-17)12-23(4,5)19-9-8-15-7-6-10-24-21(15)26-19/h6-11,13,16H,12,14H2,1-5H3. The van der Waals surface area contributed by atoms with Crippen LogP contribution in [0.2, 0.25) is 0 Å². The van der Waals surface area contributed by atoms with Gasteiger partial charge in [0.2, 0.25) is 0 Å². The quantitative estimate of drug-likeness (QED) is 0.654. The second kappa shape index (κ2) is 6.73. The monoisotopic (exact) mass is 377 g/mol. The second-order valence-electron chi connectivity index (χ2n) is 9.15. The van der Waals surface area contributed by atoms with Crippen molar-refractivity contribution in [2.24, 2.45) is 0 Å². The van der Waals surface area contributed by atoms with Gasteiger partial charge in [0.15, 0.2) is 17.1 Å². The fourth-order valence-electron chi connectivity index (χ4n) is 3.54. The zero-order valence-electron chi connectivity index (χ0n) is 17.2. The van der Waals surface area contributed by atoms with Crippen LogP contribution in [0.5, 0.6) is 11.5 Å². The van der Waals surface area contributed by atoms with E-state index in [1.54, 1.807) is 12.4 Å². The van der Waals surface area contributed by atoms with E-state index in [1.165, 1.54) is 0 Å². The summed E-state index contributed by atoms with van der Waals surface area (Å²) < 4.78 is 12.2. The molecule has 1 atom stereocenters. The van der Waals surface area contributed by atoms with E-state index in [4.69, 9.17) is 14.5 Å². The minimum Gasteiger partial charge on any atom is -0.484 e. The summed E-state index contributed by atoms with van der Waals surface area (Å²) in [6.45, 7) is 11.3. The van der Waals surface area contributed by atoms with Gasteiger partial charge in [-0.25, -0.2) is 9.97 Å². The predicted molar refractivity (Wildman–Crippen MR) is 110 cm³/mol. The van der Waals surface area contributed by atoms with Crippen LogP contribution in [-0.4, -0.2) is 27.7 Å². The maximum absolute atomic E-state index is 6.30. The number of hydrogen-bond donors (Lipinski definition) is 0. The van der Waals surface area contributed by atoms with Gasteiger partial charge in [-0.05, 0) is 30.7 Å². The van der Waals surface area contributed by atoms with Crippen molar-refractivity contribution in [3.05, 3.63) is 54.1 Å². The van der Waals surface area contributed by atoms with Crippen LogP contribution in [0, 0.1) is 0 Å². The molecule has 0 fully saturated rings. The third-order valence-electron chi connectivity index (χ3n) is 5.21. The van der Waals surface area contributed by atoms with Gasteiger partial charge < -0.3 is 9.47 Å². The topological polar surface area (TPSA) is 57.1 Å². The van der Waals surface area contributed by atoms with Crippen LogP contribution in [0.15, 0.2) is 42.7 Å². The van der Waals surface area contributed by atoms with Crippen LogP contribution in [0.3, 0.4) is 0 Å². The molecule has 1 aliphatic rings. The fourth-order valence-corrected chi connectivity index (χ4v) is 3.54. The summed E-state index contributed by atoms with van der Waals surface area (Å²) in [5.41, 5.74) is 2.58. The molecule has 5 nitrogen and oxygen atoms in total. The first-order valence-electron chi connectivity index (χ1n) is 9.75. The number of pyridine rings is 3. The van der Waals surface area contributed by atoms with Crippen LogP contribution in [0.4, 0.5) is 0 Å². The van der Waals surface area contributed by atoms with Gasteiger partial charge in [-0.3, -0.25) is 4.98 Å². The number of ether oxygens (including phenoxy) is 2. The highest BCUT2D eigenvalue weighted by Gasteiger charge is 2.32. The molecular formula is C23H27N3O2. The number of aromatic nitrogens is 3. The van der Waals surface area contributed by atoms with Crippen LogP contribution >= 0.6 is 0 Å². The summed E-state index contributed by atoms with van der Waals surface area (Å²) in [4.78, 5) is 13.7. The average molecular weight is 377 g/mol. The molecule has 4 heterocycles. The Hall–Kier alpha value is -2.69. The molecule has 0 saturated carbocycles. The molecule has 1 unspecified atom stereocenters. The Bertz CT molecular complexity index is 1010. The molecule has 0 saturated heterocycles. The summed E-state index contributed by atoms with van der Waals surface area (Å²) in [6, 6.07) is 10.1. The van der Waals surface area contributed by atoms with Crippen molar-refractivity contribution in [2.45, 2.75) is 58.0 Å². The third kappa shape index (κ3) is 3.66. The maximum Gasteiger partial charge on any atom is 0.179 e. The molecule has 0 N–H and O–H groups in total. The number of rotatable bonds is 3.